The smallest absolute Gasteiger partial charge is 0.140 e. The predicted molar refractivity (Wildman–Crippen MR) is 104 cm³/mol. The summed E-state index contributed by atoms with van der Waals surface area (Å²) in [4.78, 5) is 4.98. The van der Waals surface area contributed by atoms with E-state index in [1.807, 2.05) is 6.07 Å². The van der Waals surface area contributed by atoms with Crippen molar-refractivity contribution >= 4 is 5.65 Å². The second-order valence-corrected chi connectivity index (χ2v) is 6.50. The van der Waals surface area contributed by atoms with Crippen LogP contribution in [-0.2, 0) is 12.8 Å². The zero-order valence-corrected chi connectivity index (χ0v) is 14.7. The highest BCUT2D eigenvalue weighted by atomic mass is 15.0. The Morgan fingerprint density at radius 2 is 1.56 bits per heavy atom. The summed E-state index contributed by atoms with van der Waals surface area (Å²) < 4.78 is 2.24. The predicted octanol–water partition coefficient (Wildman–Crippen LogP) is 5.46. The molecule has 0 bridgehead atoms. The molecule has 2 nitrogen and oxygen atoms in total. The molecule has 0 saturated carbocycles. The van der Waals surface area contributed by atoms with E-state index >= 15 is 0 Å². The van der Waals surface area contributed by atoms with Crippen molar-refractivity contribution in [1.82, 2.24) is 9.38 Å². The Morgan fingerprint density at radius 1 is 0.840 bits per heavy atom. The van der Waals surface area contributed by atoms with E-state index in [0.717, 1.165) is 24.2 Å². The van der Waals surface area contributed by atoms with Crippen molar-refractivity contribution in [2.75, 3.05) is 0 Å². The summed E-state index contributed by atoms with van der Waals surface area (Å²) in [5.74, 6) is 0. The molecule has 0 aliphatic heterocycles. The number of hydrogen-bond donors (Lipinski definition) is 0. The molecule has 0 radical (unpaired) electrons. The van der Waals surface area contributed by atoms with Crippen LogP contribution in [-0.4, -0.2) is 9.38 Å². The maximum atomic E-state index is 4.98. The van der Waals surface area contributed by atoms with Gasteiger partial charge in [-0.25, -0.2) is 4.98 Å². The van der Waals surface area contributed by atoms with E-state index in [4.69, 9.17) is 4.98 Å². The van der Waals surface area contributed by atoms with Gasteiger partial charge in [-0.2, -0.15) is 0 Å². The van der Waals surface area contributed by atoms with Gasteiger partial charge in [0, 0.05) is 18.2 Å². The minimum atomic E-state index is 0.874. The molecule has 2 heterocycles. The van der Waals surface area contributed by atoms with Gasteiger partial charge in [0.05, 0.1) is 11.4 Å². The quantitative estimate of drug-likeness (QED) is 0.486. The van der Waals surface area contributed by atoms with E-state index < -0.39 is 0 Å². The van der Waals surface area contributed by atoms with Crippen LogP contribution in [0, 0.1) is 6.92 Å². The molecule has 2 heteroatoms. The highest BCUT2D eigenvalue weighted by Crippen LogP contribution is 2.27. The lowest BCUT2D eigenvalue weighted by Gasteiger charge is -2.07. The minimum absolute atomic E-state index is 0.874. The molecule has 0 amide bonds. The summed E-state index contributed by atoms with van der Waals surface area (Å²) in [5.41, 5.74) is 8.43. The number of pyridine rings is 1. The molecule has 0 fully saturated rings. The van der Waals surface area contributed by atoms with Gasteiger partial charge >= 0.3 is 0 Å². The van der Waals surface area contributed by atoms with Gasteiger partial charge < -0.3 is 4.40 Å². The summed E-state index contributed by atoms with van der Waals surface area (Å²) in [6, 6.07) is 23.6. The van der Waals surface area contributed by atoms with Crippen molar-refractivity contribution in [2.45, 2.75) is 26.7 Å². The fourth-order valence-electron chi connectivity index (χ4n) is 3.34. The maximum Gasteiger partial charge on any atom is 0.140 e. The summed E-state index contributed by atoms with van der Waals surface area (Å²) in [6.45, 7) is 4.31. The molecular weight excluding hydrogens is 304 g/mol. The molecular formula is C23H22N2. The summed E-state index contributed by atoms with van der Waals surface area (Å²) in [5, 5.41) is 0. The van der Waals surface area contributed by atoms with E-state index in [1.165, 1.54) is 27.9 Å². The van der Waals surface area contributed by atoms with Crippen LogP contribution in [0.25, 0.3) is 16.9 Å². The fourth-order valence-corrected chi connectivity index (χ4v) is 3.34. The first kappa shape index (κ1) is 15.6. The van der Waals surface area contributed by atoms with Gasteiger partial charge in [-0.15, -0.1) is 0 Å². The van der Waals surface area contributed by atoms with Crippen LogP contribution < -0.4 is 0 Å². The number of fused-ring (bicyclic) bond motifs is 1. The van der Waals surface area contributed by atoms with Crippen LogP contribution in [0.15, 0.2) is 72.9 Å². The number of rotatable bonds is 4. The van der Waals surface area contributed by atoms with Gasteiger partial charge in [-0.05, 0) is 36.1 Å². The maximum absolute atomic E-state index is 4.98. The molecule has 4 rings (SSSR count). The third-order valence-electron chi connectivity index (χ3n) is 4.79. The number of nitrogens with zero attached hydrogens (tertiary/aromatic N) is 2. The lowest BCUT2D eigenvalue weighted by Crippen LogP contribution is -1.97. The number of hydrogen-bond acceptors (Lipinski definition) is 1. The van der Waals surface area contributed by atoms with E-state index in [2.05, 4.69) is 85.1 Å². The van der Waals surface area contributed by atoms with Crippen LogP contribution in [0.2, 0.25) is 0 Å². The lowest BCUT2D eigenvalue weighted by molar-refractivity contribution is 1.02. The van der Waals surface area contributed by atoms with Gasteiger partial charge in [-0.1, -0.05) is 67.6 Å². The van der Waals surface area contributed by atoms with Crippen molar-refractivity contribution in [3.8, 4) is 11.3 Å². The summed E-state index contributed by atoms with van der Waals surface area (Å²) >= 11 is 0. The van der Waals surface area contributed by atoms with Crippen LogP contribution in [0.1, 0.15) is 29.3 Å². The number of benzene rings is 2. The highest BCUT2D eigenvalue weighted by Gasteiger charge is 2.15. The Morgan fingerprint density at radius 3 is 2.28 bits per heavy atom. The highest BCUT2D eigenvalue weighted by molar-refractivity contribution is 5.68. The molecule has 0 saturated heterocycles. The van der Waals surface area contributed by atoms with E-state index in [-0.39, 0.29) is 0 Å². The average Bonchev–Trinajstić information content (AvgIpc) is 3.03. The third kappa shape index (κ3) is 2.96. The van der Waals surface area contributed by atoms with Gasteiger partial charge in [0.2, 0.25) is 0 Å². The van der Waals surface area contributed by atoms with Crippen molar-refractivity contribution in [2.24, 2.45) is 0 Å². The Bertz CT molecular complexity index is 996. The summed E-state index contributed by atoms with van der Waals surface area (Å²) in [6.07, 6.45) is 4.07. The molecule has 0 atom stereocenters. The zero-order valence-electron chi connectivity index (χ0n) is 14.7. The molecule has 124 valence electrons. The Hall–Kier alpha value is -2.87. The van der Waals surface area contributed by atoms with Crippen LogP contribution in [0.4, 0.5) is 0 Å². The van der Waals surface area contributed by atoms with Gasteiger partial charge in [-0.3, -0.25) is 0 Å². The van der Waals surface area contributed by atoms with Crippen molar-refractivity contribution in [1.29, 1.82) is 0 Å². The molecule has 4 aromatic rings. The van der Waals surface area contributed by atoms with E-state index in [9.17, 15) is 0 Å². The fraction of sp³-hybridized carbons (Fsp3) is 0.174. The molecule has 2 aromatic heterocycles. The average molecular weight is 326 g/mol. The topological polar surface area (TPSA) is 17.3 Å². The molecule has 0 N–H and O–H groups in total. The molecule has 0 spiro atoms. The van der Waals surface area contributed by atoms with E-state index in [0.29, 0.717) is 0 Å². The second kappa shape index (κ2) is 6.56. The van der Waals surface area contributed by atoms with Crippen LogP contribution in [0.5, 0.6) is 0 Å². The lowest BCUT2D eigenvalue weighted by atomic mass is 10.0. The van der Waals surface area contributed by atoms with Gasteiger partial charge in [0.1, 0.15) is 5.65 Å². The Labute approximate surface area is 148 Å². The Kier molecular flexibility index (Phi) is 4.10. The van der Waals surface area contributed by atoms with Crippen LogP contribution >= 0.6 is 0 Å². The number of imidazole rings is 1. The van der Waals surface area contributed by atoms with Gasteiger partial charge in [0.25, 0.3) is 0 Å². The largest absolute Gasteiger partial charge is 0.303 e. The first-order chi connectivity index (χ1) is 12.3. The molecule has 0 unspecified atom stereocenters. The molecule has 25 heavy (non-hydrogen) atoms. The van der Waals surface area contributed by atoms with E-state index in [1.54, 1.807) is 0 Å². The first-order valence-corrected chi connectivity index (χ1v) is 8.86. The zero-order chi connectivity index (χ0) is 17.2. The second-order valence-electron chi connectivity index (χ2n) is 6.50. The SMILES string of the molecule is CCc1ccc(Cc2c(-c3ccccc3)nc3c(C)cccn23)cc1. The normalized spacial score (nSPS) is 11.1. The molecule has 0 aliphatic carbocycles. The van der Waals surface area contributed by atoms with Crippen molar-refractivity contribution in [3.63, 3.8) is 0 Å². The minimum Gasteiger partial charge on any atom is -0.303 e. The number of aromatic nitrogens is 2. The third-order valence-corrected chi connectivity index (χ3v) is 4.79. The van der Waals surface area contributed by atoms with Crippen LogP contribution in [0.3, 0.4) is 0 Å². The first-order valence-electron chi connectivity index (χ1n) is 8.86. The Balaban J connectivity index is 1.86. The standard InChI is InChI=1S/C23H22N2/c1-3-18-11-13-19(14-12-18)16-21-22(20-9-5-4-6-10-20)24-23-17(2)8-7-15-25(21)23/h4-15H,3,16H2,1-2H3. The van der Waals surface area contributed by atoms with Crippen molar-refractivity contribution in [3.05, 3.63) is 95.3 Å². The van der Waals surface area contributed by atoms with Gasteiger partial charge in [0.15, 0.2) is 0 Å². The number of aryl methyl sites for hydroxylation is 2. The monoisotopic (exact) mass is 326 g/mol. The molecule has 2 aromatic carbocycles. The molecule has 0 aliphatic rings. The summed E-state index contributed by atoms with van der Waals surface area (Å²) in [7, 11) is 0. The van der Waals surface area contributed by atoms with Crippen molar-refractivity contribution < 1.29 is 0 Å².